The van der Waals surface area contributed by atoms with Crippen molar-refractivity contribution in [3.63, 3.8) is 0 Å². The van der Waals surface area contributed by atoms with Gasteiger partial charge in [0.1, 0.15) is 0 Å². The molecule has 0 atom stereocenters. The fourth-order valence-electron chi connectivity index (χ4n) is 3.50. The van der Waals surface area contributed by atoms with E-state index in [-0.39, 0.29) is 5.41 Å². The minimum absolute atomic E-state index is 0.256. The fraction of sp³-hybridized carbons (Fsp3) is 0.474. The molecule has 1 aliphatic heterocycles. The van der Waals surface area contributed by atoms with Crippen molar-refractivity contribution >= 4 is 35.8 Å². The summed E-state index contributed by atoms with van der Waals surface area (Å²) >= 11 is -1.41. The van der Waals surface area contributed by atoms with Crippen LogP contribution in [0.15, 0.2) is 30.3 Å². The van der Waals surface area contributed by atoms with Gasteiger partial charge in [-0.15, -0.1) is 0 Å². The predicted molar refractivity (Wildman–Crippen MR) is 91.6 cm³/mol. The summed E-state index contributed by atoms with van der Waals surface area (Å²) in [5, 5.41) is 3.09. The van der Waals surface area contributed by atoms with Crippen molar-refractivity contribution in [2.45, 2.75) is 54.2 Å². The van der Waals surface area contributed by atoms with Gasteiger partial charge in [-0.05, 0) is 0 Å². The van der Waals surface area contributed by atoms with E-state index in [0.29, 0.717) is 0 Å². The van der Waals surface area contributed by atoms with Gasteiger partial charge < -0.3 is 0 Å². The first-order valence-electron chi connectivity index (χ1n) is 7.76. The van der Waals surface area contributed by atoms with Crippen LogP contribution in [0.1, 0.15) is 44.7 Å². The standard InChI is InChI=1S/C15H17.C4H8.Bi/c1-11-13-8-6-5-7-12(13)9-10-14(11)15(2,3)4;1-3-4-2;/h5-8,10H,1-4H3;1-4H2;. The molecule has 1 saturated heterocycles. The van der Waals surface area contributed by atoms with E-state index in [0.717, 1.165) is 0 Å². The third kappa shape index (κ3) is 2.55. The predicted octanol–water partition coefficient (Wildman–Crippen LogP) is 4.94. The molecule has 0 amide bonds. The number of rotatable bonds is 1. The van der Waals surface area contributed by atoms with E-state index in [1.807, 2.05) is 3.27 Å². The Bertz CT molecular complexity index is 628. The van der Waals surface area contributed by atoms with Crippen LogP contribution in [0.5, 0.6) is 0 Å². The van der Waals surface area contributed by atoms with Crippen LogP contribution >= 0.6 is 0 Å². The van der Waals surface area contributed by atoms with Gasteiger partial charge in [0.25, 0.3) is 0 Å². The molecule has 1 heterocycles. The van der Waals surface area contributed by atoms with E-state index in [1.165, 1.54) is 23.8 Å². The van der Waals surface area contributed by atoms with Gasteiger partial charge in [0, 0.05) is 0 Å². The first-order valence-corrected chi connectivity index (χ1v) is 14.4. The van der Waals surface area contributed by atoms with Crippen molar-refractivity contribution in [2.24, 2.45) is 0 Å². The molecular formula is C19H25Bi. The van der Waals surface area contributed by atoms with Crippen LogP contribution in [0, 0.1) is 6.92 Å². The molecular weight excluding hydrogens is 437 g/mol. The molecule has 0 radical (unpaired) electrons. The maximum absolute atomic E-state index is 2.61. The Hall–Kier alpha value is -0.417. The fourth-order valence-corrected chi connectivity index (χ4v) is 14.2. The minimum atomic E-state index is -1.41. The SMILES string of the molecule is Cc1c(C(C)(C)C)c[c]([Bi]2[CH2]CC[CH2]2)c2ccccc12. The van der Waals surface area contributed by atoms with Gasteiger partial charge in [-0.25, -0.2) is 0 Å². The number of fused-ring (bicyclic) bond motifs is 1. The van der Waals surface area contributed by atoms with E-state index in [4.69, 9.17) is 0 Å². The molecule has 2 aromatic rings. The number of benzene rings is 2. The molecule has 106 valence electrons. The van der Waals surface area contributed by atoms with E-state index in [2.05, 4.69) is 58.0 Å². The number of aryl methyl sites for hydroxylation is 1. The molecule has 2 aromatic carbocycles. The second-order valence-electron chi connectivity index (χ2n) is 7.06. The molecule has 1 fully saturated rings. The molecule has 1 heteroatoms. The van der Waals surface area contributed by atoms with Crippen LogP contribution in [0.2, 0.25) is 8.26 Å². The molecule has 0 aromatic heterocycles. The molecule has 0 nitrogen and oxygen atoms in total. The normalized spacial score (nSPS) is 17.0. The number of hydrogen-bond donors (Lipinski definition) is 0. The van der Waals surface area contributed by atoms with Crippen LogP contribution in [-0.4, -0.2) is 21.8 Å². The molecule has 20 heavy (non-hydrogen) atoms. The second kappa shape index (κ2) is 5.41. The van der Waals surface area contributed by atoms with Crippen molar-refractivity contribution in [1.82, 2.24) is 0 Å². The summed E-state index contributed by atoms with van der Waals surface area (Å²) in [6, 6.07) is 11.7. The van der Waals surface area contributed by atoms with Crippen molar-refractivity contribution < 1.29 is 0 Å². The third-order valence-electron chi connectivity index (χ3n) is 4.55. The first-order chi connectivity index (χ1) is 9.48. The van der Waals surface area contributed by atoms with Crippen LogP contribution in [0.25, 0.3) is 10.8 Å². The van der Waals surface area contributed by atoms with Gasteiger partial charge in [0.15, 0.2) is 0 Å². The van der Waals surface area contributed by atoms with Crippen molar-refractivity contribution in [3.8, 4) is 0 Å². The van der Waals surface area contributed by atoms with E-state index < -0.39 is 21.8 Å². The van der Waals surface area contributed by atoms with Gasteiger partial charge in [-0.3, -0.25) is 0 Å². The van der Waals surface area contributed by atoms with Crippen LogP contribution in [-0.2, 0) is 5.41 Å². The summed E-state index contributed by atoms with van der Waals surface area (Å²) in [5.74, 6) is 0. The van der Waals surface area contributed by atoms with Gasteiger partial charge in [0.05, 0.1) is 0 Å². The third-order valence-corrected chi connectivity index (χ3v) is 15.3. The molecule has 0 N–H and O–H groups in total. The van der Waals surface area contributed by atoms with Gasteiger partial charge >= 0.3 is 131 Å². The summed E-state index contributed by atoms with van der Waals surface area (Å²) < 4.78 is 4.96. The van der Waals surface area contributed by atoms with Crippen molar-refractivity contribution in [1.29, 1.82) is 0 Å². The van der Waals surface area contributed by atoms with Crippen molar-refractivity contribution in [3.05, 3.63) is 41.5 Å². The summed E-state index contributed by atoms with van der Waals surface area (Å²) in [5.41, 5.74) is 3.33. The molecule has 0 unspecified atom stereocenters. The zero-order valence-electron chi connectivity index (χ0n) is 13.2. The van der Waals surface area contributed by atoms with Crippen LogP contribution < -0.4 is 3.27 Å². The van der Waals surface area contributed by atoms with Gasteiger partial charge in [-0.2, -0.15) is 0 Å². The molecule has 1 aliphatic rings. The first kappa shape index (κ1) is 14.5. The summed E-state index contributed by atoms with van der Waals surface area (Å²) in [6.45, 7) is 9.39. The Balaban J connectivity index is 2.29. The molecule has 0 saturated carbocycles. The van der Waals surface area contributed by atoms with E-state index >= 15 is 0 Å². The molecule has 3 rings (SSSR count). The monoisotopic (exact) mass is 462 g/mol. The summed E-state index contributed by atoms with van der Waals surface area (Å²) in [7, 11) is 0. The van der Waals surface area contributed by atoms with Crippen molar-refractivity contribution in [2.75, 3.05) is 0 Å². The Morgan fingerprint density at radius 1 is 0.950 bits per heavy atom. The molecule has 0 bridgehead atoms. The van der Waals surface area contributed by atoms with E-state index in [9.17, 15) is 0 Å². The topological polar surface area (TPSA) is 0 Å². The maximum atomic E-state index is 2.61. The number of hydrogen-bond acceptors (Lipinski definition) is 0. The Labute approximate surface area is 131 Å². The summed E-state index contributed by atoms with van der Waals surface area (Å²) in [4.78, 5) is 0. The van der Waals surface area contributed by atoms with Crippen LogP contribution in [0.3, 0.4) is 0 Å². The summed E-state index contributed by atoms with van der Waals surface area (Å²) in [6.07, 6.45) is 2.98. The molecule has 0 spiro atoms. The zero-order chi connectivity index (χ0) is 14.3. The van der Waals surface area contributed by atoms with E-state index in [1.54, 1.807) is 19.2 Å². The Kier molecular flexibility index (Phi) is 3.93. The second-order valence-corrected chi connectivity index (χ2v) is 16.6. The molecule has 0 aliphatic carbocycles. The quantitative estimate of drug-likeness (QED) is 0.527. The van der Waals surface area contributed by atoms with Gasteiger partial charge in [-0.1, -0.05) is 0 Å². The average Bonchev–Trinajstić information content (AvgIpc) is 2.92. The zero-order valence-corrected chi connectivity index (χ0v) is 16.6. The Morgan fingerprint density at radius 2 is 1.55 bits per heavy atom. The Morgan fingerprint density at radius 3 is 2.15 bits per heavy atom. The van der Waals surface area contributed by atoms with Gasteiger partial charge in [0.2, 0.25) is 0 Å². The average molecular weight is 462 g/mol. The van der Waals surface area contributed by atoms with Crippen LogP contribution in [0.4, 0.5) is 0 Å².